The van der Waals surface area contributed by atoms with Crippen molar-refractivity contribution in [3.8, 4) is 0 Å². The van der Waals surface area contributed by atoms with E-state index in [4.69, 9.17) is 16.7 Å². The molecule has 0 aromatic carbocycles. The third-order valence-electron chi connectivity index (χ3n) is 1.73. The molecule has 1 aromatic rings. The number of carboxylic acid groups (broad SMARTS) is 1. The van der Waals surface area contributed by atoms with E-state index < -0.39 is 5.97 Å². The number of halogens is 1. The molecule has 1 N–H and O–H groups in total. The summed E-state index contributed by atoms with van der Waals surface area (Å²) in [4.78, 5) is 23.7. The zero-order valence-corrected chi connectivity index (χ0v) is 10.1. The van der Waals surface area contributed by atoms with Crippen LogP contribution in [0.25, 0.3) is 6.08 Å². The standard InChI is InChI=1S/C10H10ClNO3S/c1-12(6-10(14)15)9(13)5-3-7-2-4-8(11)16-7/h2-5H,6H2,1H3,(H,14,15)/b5-3+. The van der Waals surface area contributed by atoms with Gasteiger partial charge in [-0.05, 0) is 18.2 Å². The molecule has 1 aromatic heterocycles. The topological polar surface area (TPSA) is 57.6 Å². The van der Waals surface area contributed by atoms with E-state index >= 15 is 0 Å². The molecule has 0 saturated carbocycles. The summed E-state index contributed by atoms with van der Waals surface area (Å²) in [7, 11) is 1.43. The molecule has 0 atom stereocenters. The average Bonchev–Trinajstić information content (AvgIpc) is 2.59. The maximum Gasteiger partial charge on any atom is 0.323 e. The van der Waals surface area contributed by atoms with Crippen molar-refractivity contribution in [1.29, 1.82) is 0 Å². The van der Waals surface area contributed by atoms with Gasteiger partial charge in [0.2, 0.25) is 5.91 Å². The van der Waals surface area contributed by atoms with E-state index in [0.29, 0.717) is 4.34 Å². The van der Waals surface area contributed by atoms with Gasteiger partial charge >= 0.3 is 5.97 Å². The number of amides is 1. The Labute approximate surface area is 102 Å². The van der Waals surface area contributed by atoms with Gasteiger partial charge in [0.15, 0.2) is 0 Å². The van der Waals surface area contributed by atoms with Crippen molar-refractivity contribution in [2.75, 3.05) is 13.6 Å². The number of likely N-dealkylation sites (N-methyl/N-ethyl adjacent to an activating group) is 1. The van der Waals surface area contributed by atoms with Crippen LogP contribution in [-0.2, 0) is 9.59 Å². The minimum atomic E-state index is -1.04. The Hall–Kier alpha value is -1.33. The third kappa shape index (κ3) is 4.04. The molecule has 0 bridgehead atoms. The fourth-order valence-electron chi connectivity index (χ4n) is 0.979. The Morgan fingerprint density at radius 3 is 2.75 bits per heavy atom. The second-order valence-corrected chi connectivity index (χ2v) is 4.81. The number of carboxylic acids is 1. The maximum absolute atomic E-state index is 11.4. The molecular weight excluding hydrogens is 250 g/mol. The van der Waals surface area contributed by atoms with Gasteiger partial charge < -0.3 is 10.0 Å². The van der Waals surface area contributed by atoms with Gasteiger partial charge in [0, 0.05) is 18.0 Å². The molecule has 0 aliphatic rings. The monoisotopic (exact) mass is 259 g/mol. The van der Waals surface area contributed by atoms with Crippen molar-refractivity contribution in [1.82, 2.24) is 4.90 Å². The number of carbonyl (C=O) groups excluding carboxylic acids is 1. The van der Waals surface area contributed by atoms with Crippen molar-refractivity contribution < 1.29 is 14.7 Å². The highest BCUT2D eigenvalue weighted by Gasteiger charge is 2.08. The first kappa shape index (κ1) is 12.7. The van der Waals surface area contributed by atoms with Gasteiger partial charge in [-0.15, -0.1) is 11.3 Å². The lowest BCUT2D eigenvalue weighted by molar-refractivity contribution is -0.141. The fraction of sp³-hybridized carbons (Fsp3) is 0.200. The Morgan fingerprint density at radius 1 is 1.56 bits per heavy atom. The van der Waals surface area contributed by atoms with E-state index in [2.05, 4.69) is 0 Å². The molecule has 1 heterocycles. The highest BCUT2D eigenvalue weighted by molar-refractivity contribution is 7.17. The van der Waals surface area contributed by atoms with Crippen LogP contribution in [0.2, 0.25) is 4.34 Å². The summed E-state index contributed by atoms with van der Waals surface area (Å²) >= 11 is 7.07. The first-order chi connectivity index (χ1) is 7.49. The van der Waals surface area contributed by atoms with Gasteiger partial charge in [0.1, 0.15) is 6.54 Å². The first-order valence-corrected chi connectivity index (χ1v) is 5.59. The number of thiophene rings is 1. The smallest absolute Gasteiger partial charge is 0.323 e. The molecule has 1 rings (SSSR count). The highest BCUT2D eigenvalue weighted by atomic mass is 35.5. The molecule has 0 unspecified atom stereocenters. The molecule has 0 radical (unpaired) electrons. The number of hydrogen-bond donors (Lipinski definition) is 1. The van der Waals surface area contributed by atoms with E-state index in [1.165, 1.54) is 24.5 Å². The Morgan fingerprint density at radius 2 is 2.25 bits per heavy atom. The fourth-order valence-corrected chi connectivity index (χ4v) is 1.94. The van der Waals surface area contributed by atoms with Crippen LogP contribution < -0.4 is 0 Å². The second-order valence-electron chi connectivity index (χ2n) is 3.06. The van der Waals surface area contributed by atoms with Crippen molar-refractivity contribution in [2.24, 2.45) is 0 Å². The van der Waals surface area contributed by atoms with Crippen LogP contribution in [0.4, 0.5) is 0 Å². The molecule has 16 heavy (non-hydrogen) atoms. The lowest BCUT2D eigenvalue weighted by Gasteiger charge is -2.10. The molecule has 0 spiro atoms. The van der Waals surface area contributed by atoms with Gasteiger partial charge in [-0.3, -0.25) is 9.59 Å². The molecule has 0 aliphatic carbocycles. The van der Waals surface area contributed by atoms with E-state index in [9.17, 15) is 9.59 Å². The normalized spacial score (nSPS) is 10.6. The summed E-state index contributed by atoms with van der Waals surface area (Å²) in [6, 6.07) is 3.52. The van der Waals surface area contributed by atoms with E-state index in [-0.39, 0.29) is 12.5 Å². The molecule has 0 saturated heterocycles. The van der Waals surface area contributed by atoms with Crippen LogP contribution >= 0.6 is 22.9 Å². The molecule has 1 amide bonds. The quantitative estimate of drug-likeness (QED) is 0.841. The summed E-state index contributed by atoms with van der Waals surface area (Å²) < 4.78 is 0.644. The zero-order valence-electron chi connectivity index (χ0n) is 8.51. The van der Waals surface area contributed by atoms with Crippen LogP contribution in [-0.4, -0.2) is 35.5 Å². The van der Waals surface area contributed by atoms with E-state index in [0.717, 1.165) is 9.78 Å². The predicted molar refractivity (Wildman–Crippen MR) is 63.6 cm³/mol. The molecule has 0 fully saturated rings. The van der Waals surface area contributed by atoms with Crippen LogP contribution in [0, 0.1) is 0 Å². The van der Waals surface area contributed by atoms with Crippen molar-refractivity contribution >= 4 is 40.9 Å². The number of aliphatic carboxylic acids is 1. The number of nitrogens with zero attached hydrogens (tertiary/aromatic N) is 1. The molecule has 0 aliphatic heterocycles. The second kappa shape index (κ2) is 5.67. The lowest BCUT2D eigenvalue weighted by atomic mass is 10.4. The minimum Gasteiger partial charge on any atom is -0.480 e. The molecular formula is C10H10ClNO3S. The summed E-state index contributed by atoms with van der Waals surface area (Å²) in [5.41, 5.74) is 0. The number of carbonyl (C=O) groups is 2. The molecule has 6 heteroatoms. The first-order valence-electron chi connectivity index (χ1n) is 4.39. The largest absolute Gasteiger partial charge is 0.480 e. The summed E-state index contributed by atoms with van der Waals surface area (Å²) in [6.07, 6.45) is 2.93. The lowest BCUT2D eigenvalue weighted by Crippen LogP contribution is -2.30. The average molecular weight is 260 g/mol. The highest BCUT2D eigenvalue weighted by Crippen LogP contribution is 2.22. The zero-order chi connectivity index (χ0) is 12.1. The van der Waals surface area contributed by atoms with Gasteiger partial charge in [-0.1, -0.05) is 11.6 Å². The van der Waals surface area contributed by atoms with Crippen LogP contribution in [0.5, 0.6) is 0 Å². The third-order valence-corrected chi connectivity index (χ3v) is 2.93. The maximum atomic E-state index is 11.4. The Kier molecular flexibility index (Phi) is 4.52. The summed E-state index contributed by atoms with van der Waals surface area (Å²) in [5.74, 6) is -1.39. The van der Waals surface area contributed by atoms with Crippen molar-refractivity contribution in [2.45, 2.75) is 0 Å². The SMILES string of the molecule is CN(CC(=O)O)C(=O)/C=C/c1ccc(Cl)s1. The van der Waals surface area contributed by atoms with Crippen molar-refractivity contribution in [3.63, 3.8) is 0 Å². The van der Waals surface area contributed by atoms with Crippen LogP contribution in [0.1, 0.15) is 4.88 Å². The van der Waals surface area contributed by atoms with Crippen LogP contribution in [0.15, 0.2) is 18.2 Å². The van der Waals surface area contributed by atoms with Gasteiger partial charge in [0.25, 0.3) is 0 Å². The van der Waals surface area contributed by atoms with Crippen LogP contribution in [0.3, 0.4) is 0 Å². The van der Waals surface area contributed by atoms with Crippen molar-refractivity contribution in [3.05, 3.63) is 27.4 Å². The molecule has 86 valence electrons. The minimum absolute atomic E-state index is 0.311. The van der Waals surface area contributed by atoms with Gasteiger partial charge in [-0.2, -0.15) is 0 Å². The predicted octanol–water partition coefficient (Wildman–Crippen LogP) is 1.96. The number of hydrogen-bond acceptors (Lipinski definition) is 3. The summed E-state index contributed by atoms with van der Waals surface area (Å²) in [5, 5.41) is 8.49. The molecule has 4 nitrogen and oxygen atoms in total. The number of rotatable bonds is 4. The Bertz CT molecular complexity index is 427. The summed E-state index contributed by atoms with van der Waals surface area (Å²) in [6.45, 7) is -0.311. The Balaban J connectivity index is 2.57. The van der Waals surface area contributed by atoms with E-state index in [1.807, 2.05) is 0 Å². The van der Waals surface area contributed by atoms with E-state index in [1.54, 1.807) is 18.2 Å². The van der Waals surface area contributed by atoms with Gasteiger partial charge in [0.05, 0.1) is 4.34 Å². The van der Waals surface area contributed by atoms with Gasteiger partial charge in [-0.25, -0.2) is 0 Å².